The summed E-state index contributed by atoms with van der Waals surface area (Å²) in [7, 11) is 0. The van der Waals surface area contributed by atoms with Crippen LogP contribution >= 0.6 is 0 Å². The highest BCUT2D eigenvalue weighted by atomic mass is 16.5. The SMILES string of the molecule is CCOC(=O)[C@H]1CCN(Cc2ccccc2)[C@@H]1NCc1ccc(C(=O)c2ccccc2)cc1. The van der Waals surface area contributed by atoms with Crippen molar-refractivity contribution in [2.45, 2.75) is 32.6 Å². The second kappa shape index (κ2) is 11.0. The summed E-state index contributed by atoms with van der Waals surface area (Å²) >= 11 is 0. The maximum atomic E-state index is 12.6. The van der Waals surface area contributed by atoms with Crippen LogP contribution in [0.1, 0.15) is 40.4 Å². The summed E-state index contributed by atoms with van der Waals surface area (Å²) in [6.45, 7) is 4.44. The van der Waals surface area contributed by atoms with Crippen LogP contribution in [-0.4, -0.2) is 36.0 Å². The zero-order chi connectivity index (χ0) is 23.0. The third-order valence-electron chi connectivity index (χ3n) is 6.09. The van der Waals surface area contributed by atoms with Gasteiger partial charge >= 0.3 is 5.97 Å². The number of nitrogens with one attached hydrogen (secondary N) is 1. The van der Waals surface area contributed by atoms with Crippen molar-refractivity contribution < 1.29 is 14.3 Å². The molecule has 33 heavy (non-hydrogen) atoms. The molecule has 3 aromatic carbocycles. The van der Waals surface area contributed by atoms with Gasteiger partial charge in [0.2, 0.25) is 0 Å². The lowest BCUT2D eigenvalue weighted by atomic mass is 10.0. The van der Waals surface area contributed by atoms with Gasteiger partial charge in [-0.1, -0.05) is 84.9 Å². The van der Waals surface area contributed by atoms with Gasteiger partial charge in [0.1, 0.15) is 0 Å². The van der Waals surface area contributed by atoms with E-state index in [0.717, 1.165) is 25.1 Å². The number of likely N-dealkylation sites (tertiary alicyclic amines) is 1. The molecule has 1 heterocycles. The number of hydrogen-bond donors (Lipinski definition) is 1. The summed E-state index contributed by atoms with van der Waals surface area (Å²) in [4.78, 5) is 27.5. The van der Waals surface area contributed by atoms with E-state index in [1.165, 1.54) is 5.56 Å². The number of benzene rings is 3. The highest BCUT2D eigenvalue weighted by Gasteiger charge is 2.39. The highest BCUT2D eigenvalue weighted by molar-refractivity contribution is 6.08. The van der Waals surface area contributed by atoms with Crippen LogP contribution in [0.2, 0.25) is 0 Å². The Hall–Kier alpha value is -3.28. The van der Waals surface area contributed by atoms with Gasteiger partial charge in [-0.05, 0) is 24.5 Å². The van der Waals surface area contributed by atoms with Crippen LogP contribution in [0.25, 0.3) is 0 Å². The maximum Gasteiger partial charge on any atom is 0.311 e. The molecule has 1 aliphatic rings. The fraction of sp³-hybridized carbons (Fsp3) is 0.286. The van der Waals surface area contributed by atoms with Gasteiger partial charge in [0.05, 0.1) is 18.7 Å². The molecule has 0 aromatic heterocycles. The predicted molar refractivity (Wildman–Crippen MR) is 129 cm³/mol. The van der Waals surface area contributed by atoms with E-state index < -0.39 is 0 Å². The van der Waals surface area contributed by atoms with Crippen LogP contribution in [-0.2, 0) is 22.6 Å². The molecule has 5 heteroatoms. The van der Waals surface area contributed by atoms with Gasteiger partial charge in [0.15, 0.2) is 5.78 Å². The molecule has 5 nitrogen and oxygen atoms in total. The second-order valence-electron chi connectivity index (χ2n) is 8.32. The minimum absolute atomic E-state index is 0.0160. The van der Waals surface area contributed by atoms with Gasteiger partial charge < -0.3 is 4.74 Å². The van der Waals surface area contributed by atoms with E-state index in [4.69, 9.17) is 4.74 Å². The molecule has 4 rings (SSSR count). The first-order valence-electron chi connectivity index (χ1n) is 11.5. The zero-order valence-corrected chi connectivity index (χ0v) is 18.9. The Balaban J connectivity index is 1.43. The number of rotatable bonds is 9. The molecule has 1 fully saturated rings. The second-order valence-corrected chi connectivity index (χ2v) is 8.32. The minimum Gasteiger partial charge on any atom is -0.466 e. The number of ketones is 1. The molecule has 2 atom stereocenters. The molecule has 0 unspecified atom stereocenters. The summed E-state index contributed by atoms with van der Waals surface area (Å²) in [5, 5.41) is 3.58. The first-order valence-corrected chi connectivity index (χ1v) is 11.5. The third kappa shape index (κ3) is 5.75. The van der Waals surface area contributed by atoms with Gasteiger partial charge in [-0.2, -0.15) is 0 Å². The molecule has 0 radical (unpaired) electrons. The molecule has 0 spiro atoms. The van der Waals surface area contributed by atoms with Gasteiger partial charge in [-0.25, -0.2) is 0 Å². The maximum absolute atomic E-state index is 12.6. The number of carbonyl (C=O) groups is 2. The van der Waals surface area contributed by atoms with Crippen molar-refractivity contribution >= 4 is 11.8 Å². The van der Waals surface area contributed by atoms with Crippen molar-refractivity contribution in [1.29, 1.82) is 0 Å². The number of esters is 1. The number of carbonyl (C=O) groups excluding carboxylic acids is 2. The largest absolute Gasteiger partial charge is 0.466 e. The van der Waals surface area contributed by atoms with Crippen molar-refractivity contribution in [3.63, 3.8) is 0 Å². The summed E-state index contributed by atoms with van der Waals surface area (Å²) in [6, 6.07) is 27.3. The molecule has 1 N–H and O–H groups in total. The summed E-state index contributed by atoms with van der Waals surface area (Å²) in [6.07, 6.45) is 0.670. The Labute approximate surface area is 195 Å². The minimum atomic E-state index is -0.201. The van der Waals surface area contributed by atoms with E-state index in [0.29, 0.717) is 24.3 Å². The van der Waals surface area contributed by atoms with Crippen molar-refractivity contribution in [3.8, 4) is 0 Å². The lowest BCUT2D eigenvalue weighted by molar-refractivity contribution is -0.149. The third-order valence-corrected chi connectivity index (χ3v) is 6.09. The molecule has 0 amide bonds. The van der Waals surface area contributed by atoms with Gasteiger partial charge in [0, 0.05) is 30.8 Å². The molecular formula is C28H30N2O3. The molecule has 0 bridgehead atoms. The smallest absolute Gasteiger partial charge is 0.311 e. The number of nitrogens with zero attached hydrogens (tertiary/aromatic N) is 1. The highest BCUT2D eigenvalue weighted by Crippen LogP contribution is 2.26. The number of ether oxygens (including phenoxy) is 1. The van der Waals surface area contributed by atoms with E-state index in [9.17, 15) is 9.59 Å². The fourth-order valence-electron chi connectivity index (χ4n) is 4.37. The normalized spacial score (nSPS) is 18.2. The lowest BCUT2D eigenvalue weighted by Crippen LogP contribution is -2.46. The quantitative estimate of drug-likeness (QED) is 0.393. The summed E-state index contributed by atoms with van der Waals surface area (Å²) in [5.41, 5.74) is 3.63. The van der Waals surface area contributed by atoms with Crippen LogP contribution in [0, 0.1) is 5.92 Å². The molecule has 0 saturated carbocycles. The van der Waals surface area contributed by atoms with Gasteiger partial charge in [-0.15, -0.1) is 0 Å². The summed E-state index contributed by atoms with van der Waals surface area (Å²) in [5.74, 6) is -0.329. The Morgan fingerprint density at radius 3 is 2.18 bits per heavy atom. The van der Waals surface area contributed by atoms with Crippen LogP contribution in [0.5, 0.6) is 0 Å². The van der Waals surface area contributed by atoms with E-state index in [-0.39, 0.29) is 23.8 Å². The average Bonchev–Trinajstić information content (AvgIpc) is 3.26. The average molecular weight is 443 g/mol. The molecular weight excluding hydrogens is 412 g/mol. The Kier molecular flexibility index (Phi) is 7.66. The topological polar surface area (TPSA) is 58.6 Å². The van der Waals surface area contributed by atoms with E-state index in [1.807, 2.05) is 79.7 Å². The molecule has 170 valence electrons. The predicted octanol–water partition coefficient (Wildman–Crippen LogP) is 4.42. The van der Waals surface area contributed by atoms with Crippen LogP contribution in [0.15, 0.2) is 84.9 Å². The molecule has 1 aliphatic heterocycles. The molecule has 1 saturated heterocycles. The monoisotopic (exact) mass is 442 g/mol. The zero-order valence-electron chi connectivity index (χ0n) is 18.9. The Morgan fingerprint density at radius 1 is 0.879 bits per heavy atom. The van der Waals surface area contributed by atoms with Crippen LogP contribution in [0.3, 0.4) is 0 Å². The van der Waals surface area contributed by atoms with E-state index >= 15 is 0 Å². The van der Waals surface area contributed by atoms with E-state index in [2.05, 4.69) is 22.3 Å². The van der Waals surface area contributed by atoms with E-state index in [1.54, 1.807) is 0 Å². The van der Waals surface area contributed by atoms with Crippen molar-refractivity contribution in [3.05, 3.63) is 107 Å². The van der Waals surface area contributed by atoms with Crippen molar-refractivity contribution in [2.75, 3.05) is 13.2 Å². The van der Waals surface area contributed by atoms with Crippen molar-refractivity contribution in [2.24, 2.45) is 5.92 Å². The standard InChI is InChI=1S/C28H30N2O3/c1-2-33-28(32)25-17-18-30(20-22-9-5-3-6-10-22)27(25)29-19-21-13-15-24(16-14-21)26(31)23-11-7-4-8-12-23/h3-16,25,27,29H,2,17-20H2,1H3/t25-,27-/m0/s1. The summed E-state index contributed by atoms with van der Waals surface area (Å²) < 4.78 is 5.35. The van der Waals surface area contributed by atoms with Crippen LogP contribution < -0.4 is 5.32 Å². The number of hydrogen-bond acceptors (Lipinski definition) is 5. The van der Waals surface area contributed by atoms with Crippen molar-refractivity contribution in [1.82, 2.24) is 10.2 Å². The first kappa shape index (κ1) is 22.9. The lowest BCUT2D eigenvalue weighted by Gasteiger charge is -2.28. The molecule has 3 aromatic rings. The Morgan fingerprint density at radius 2 is 1.52 bits per heavy atom. The van der Waals surface area contributed by atoms with Gasteiger partial charge in [-0.3, -0.25) is 19.8 Å². The Bertz CT molecular complexity index is 1050. The fourth-order valence-corrected chi connectivity index (χ4v) is 4.37. The first-order chi connectivity index (χ1) is 16.2. The van der Waals surface area contributed by atoms with Gasteiger partial charge in [0.25, 0.3) is 0 Å². The molecule has 0 aliphatic carbocycles. The van der Waals surface area contributed by atoms with Crippen LogP contribution in [0.4, 0.5) is 0 Å².